The van der Waals surface area contributed by atoms with E-state index in [-0.39, 0.29) is 50.1 Å². The third-order valence-corrected chi connectivity index (χ3v) is 4.15. The molecule has 0 aliphatic carbocycles. The monoisotopic (exact) mass is 311 g/mol. The minimum Gasteiger partial charge on any atom is -0.282 e. The van der Waals surface area contributed by atoms with Gasteiger partial charge in [-0.15, -0.1) is 0 Å². The Morgan fingerprint density at radius 1 is 0.842 bits per heavy atom. The molecule has 6 nitrogen and oxygen atoms in total. The molecule has 0 saturated carbocycles. The molecule has 0 aliphatic rings. The minimum atomic E-state index is -4.39. The molecule has 1 radical (unpaired) electrons. The van der Waals surface area contributed by atoms with Crippen LogP contribution in [0.5, 0.6) is 0 Å². The maximum atomic E-state index is 11.1. The Bertz CT molecular complexity index is 826. The Morgan fingerprint density at radius 2 is 1.47 bits per heavy atom. The molecular formula is C10H8NaO6S2. The fraction of sp³-hybridized carbons (Fsp3) is 0. The van der Waals surface area contributed by atoms with Crippen LogP contribution in [0.2, 0.25) is 0 Å². The van der Waals surface area contributed by atoms with Gasteiger partial charge < -0.3 is 0 Å². The molecule has 2 rings (SSSR count). The van der Waals surface area contributed by atoms with E-state index >= 15 is 0 Å². The molecule has 0 amide bonds. The van der Waals surface area contributed by atoms with Gasteiger partial charge >= 0.3 is 0 Å². The maximum Gasteiger partial charge on any atom is 0.295 e. The molecule has 0 saturated heterocycles. The summed E-state index contributed by atoms with van der Waals surface area (Å²) in [6, 6.07) is 7.43. The molecule has 19 heavy (non-hydrogen) atoms. The van der Waals surface area contributed by atoms with Crippen molar-refractivity contribution in [2.24, 2.45) is 0 Å². The van der Waals surface area contributed by atoms with Crippen molar-refractivity contribution in [3.63, 3.8) is 0 Å². The summed E-state index contributed by atoms with van der Waals surface area (Å²) >= 11 is 0. The average molecular weight is 311 g/mol. The second-order valence-corrected chi connectivity index (χ2v) is 6.40. The largest absolute Gasteiger partial charge is 0.295 e. The van der Waals surface area contributed by atoms with Gasteiger partial charge in [-0.25, -0.2) is 0 Å². The number of rotatable bonds is 2. The van der Waals surface area contributed by atoms with Crippen LogP contribution < -0.4 is 0 Å². The molecule has 2 aromatic rings. The molecule has 0 spiro atoms. The van der Waals surface area contributed by atoms with Gasteiger partial charge in [-0.2, -0.15) is 16.8 Å². The van der Waals surface area contributed by atoms with Crippen molar-refractivity contribution in [1.29, 1.82) is 0 Å². The first-order chi connectivity index (χ1) is 8.19. The van der Waals surface area contributed by atoms with Gasteiger partial charge in [-0.3, -0.25) is 9.11 Å². The van der Waals surface area contributed by atoms with Crippen LogP contribution in [0.1, 0.15) is 0 Å². The maximum absolute atomic E-state index is 11.1. The van der Waals surface area contributed by atoms with E-state index in [0.717, 1.165) is 12.1 Å². The SMILES string of the molecule is O=S(=O)(O)c1ccc2c(S(=O)(=O)O)cccc2c1.[Na]. The van der Waals surface area contributed by atoms with Crippen molar-refractivity contribution in [2.75, 3.05) is 0 Å². The normalized spacial score (nSPS) is 12.1. The standard InChI is InChI=1S/C10H8O6S2.Na/c11-17(12,13)8-4-5-9-7(6-8)2-1-3-10(9)18(14,15)16;/h1-6H,(H,11,12,13)(H,14,15,16);. The van der Waals surface area contributed by atoms with Crippen LogP contribution in [0.15, 0.2) is 46.2 Å². The summed E-state index contributed by atoms with van der Waals surface area (Å²) < 4.78 is 62.0. The van der Waals surface area contributed by atoms with E-state index in [1.165, 1.54) is 24.3 Å². The number of hydrogen-bond donors (Lipinski definition) is 2. The van der Waals surface area contributed by atoms with Gasteiger partial charge in [0.25, 0.3) is 20.2 Å². The first-order valence-electron chi connectivity index (χ1n) is 4.67. The predicted octanol–water partition coefficient (Wildman–Crippen LogP) is 0.952. The van der Waals surface area contributed by atoms with E-state index in [2.05, 4.69) is 0 Å². The van der Waals surface area contributed by atoms with Gasteiger partial charge in [0.2, 0.25) is 0 Å². The summed E-state index contributed by atoms with van der Waals surface area (Å²) in [5.74, 6) is 0. The van der Waals surface area contributed by atoms with E-state index < -0.39 is 20.2 Å². The van der Waals surface area contributed by atoms with Crippen LogP contribution in [-0.2, 0) is 20.2 Å². The number of benzene rings is 2. The van der Waals surface area contributed by atoms with Crippen molar-refractivity contribution in [3.8, 4) is 0 Å². The third kappa shape index (κ3) is 3.54. The fourth-order valence-electron chi connectivity index (χ4n) is 1.62. The van der Waals surface area contributed by atoms with Gasteiger partial charge in [0.05, 0.1) is 4.90 Å². The summed E-state index contributed by atoms with van der Waals surface area (Å²) in [7, 11) is -8.74. The minimum absolute atomic E-state index is 0. The zero-order valence-electron chi connectivity index (χ0n) is 9.81. The van der Waals surface area contributed by atoms with E-state index in [9.17, 15) is 16.8 Å². The molecule has 97 valence electrons. The first-order valence-corrected chi connectivity index (χ1v) is 7.55. The quantitative estimate of drug-likeness (QED) is 0.631. The van der Waals surface area contributed by atoms with Crippen molar-refractivity contribution < 1.29 is 25.9 Å². The number of hydrogen-bond acceptors (Lipinski definition) is 4. The summed E-state index contributed by atoms with van der Waals surface area (Å²) in [5, 5.41) is 0.452. The topological polar surface area (TPSA) is 109 Å². The zero-order valence-corrected chi connectivity index (χ0v) is 13.4. The fourth-order valence-corrected chi connectivity index (χ4v) is 2.85. The molecule has 2 aromatic carbocycles. The molecule has 0 atom stereocenters. The summed E-state index contributed by atoms with van der Waals surface area (Å²) in [6.45, 7) is 0. The Hall–Kier alpha value is -0.480. The Kier molecular flexibility index (Phi) is 4.79. The second-order valence-electron chi connectivity index (χ2n) is 3.59. The molecule has 2 N–H and O–H groups in total. The Labute approximate surface area is 132 Å². The van der Waals surface area contributed by atoms with Gasteiger partial charge in [0.15, 0.2) is 0 Å². The molecule has 0 fully saturated rings. The molecule has 0 heterocycles. The molecule has 0 bridgehead atoms. The van der Waals surface area contributed by atoms with Crippen molar-refractivity contribution in [3.05, 3.63) is 36.4 Å². The molecule has 9 heteroatoms. The molecule has 0 aromatic heterocycles. The summed E-state index contributed by atoms with van der Waals surface area (Å²) in [5.41, 5.74) is 0. The first kappa shape index (κ1) is 16.6. The van der Waals surface area contributed by atoms with Crippen LogP contribution in [-0.4, -0.2) is 55.5 Å². The Morgan fingerprint density at radius 3 is 2.00 bits per heavy atom. The zero-order chi connectivity index (χ0) is 13.6. The van der Waals surface area contributed by atoms with E-state index in [4.69, 9.17) is 9.11 Å². The van der Waals surface area contributed by atoms with Gasteiger partial charge in [0.1, 0.15) is 4.90 Å². The van der Waals surface area contributed by atoms with Crippen LogP contribution in [0.3, 0.4) is 0 Å². The van der Waals surface area contributed by atoms with Crippen LogP contribution >= 0.6 is 0 Å². The van der Waals surface area contributed by atoms with Gasteiger partial charge in [-0.05, 0) is 23.6 Å². The molecule has 0 unspecified atom stereocenters. The average Bonchev–Trinajstić information content (AvgIpc) is 2.25. The van der Waals surface area contributed by atoms with Crippen LogP contribution in [0.4, 0.5) is 0 Å². The number of fused-ring (bicyclic) bond motifs is 1. The smallest absolute Gasteiger partial charge is 0.282 e. The third-order valence-electron chi connectivity index (χ3n) is 2.39. The molecular weight excluding hydrogens is 303 g/mol. The van der Waals surface area contributed by atoms with Gasteiger partial charge in [0, 0.05) is 34.9 Å². The second kappa shape index (κ2) is 5.49. The Balaban J connectivity index is 0.00000180. The van der Waals surface area contributed by atoms with Crippen molar-refractivity contribution in [2.45, 2.75) is 9.79 Å². The predicted molar refractivity (Wildman–Crippen MR) is 69.3 cm³/mol. The van der Waals surface area contributed by atoms with Crippen LogP contribution in [0, 0.1) is 0 Å². The molecule has 0 aliphatic heterocycles. The summed E-state index contributed by atoms with van der Waals surface area (Å²) in [4.78, 5) is -0.663. The van der Waals surface area contributed by atoms with Gasteiger partial charge in [-0.1, -0.05) is 18.2 Å². The van der Waals surface area contributed by atoms with E-state index in [1.807, 2.05) is 0 Å². The van der Waals surface area contributed by atoms with E-state index in [0.29, 0.717) is 0 Å². The van der Waals surface area contributed by atoms with Crippen molar-refractivity contribution in [1.82, 2.24) is 0 Å². The van der Waals surface area contributed by atoms with Crippen molar-refractivity contribution >= 4 is 60.6 Å². The van der Waals surface area contributed by atoms with E-state index in [1.54, 1.807) is 0 Å². The van der Waals surface area contributed by atoms with Crippen LogP contribution in [0.25, 0.3) is 10.8 Å². The summed E-state index contributed by atoms with van der Waals surface area (Å²) in [6.07, 6.45) is 0.